The zero-order valence-electron chi connectivity index (χ0n) is 8.34. The Morgan fingerprint density at radius 1 is 1.50 bits per heavy atom. The first-order valence-corrected chi connectivity index (χ1v) is 4.87. The Morgan fingerprint density at radius 2 is 2.25 bits per heavy atom. The van der Waals surface area contributed by atoms with Crippen LogP contribution in [-0.2, 0) is 9.47 Å². The Bertz CT molecular complexity index is 533. The normalized spacial score (nSPS) is 23.9. The molecule has 2 unspecified atom stereocenters. The van der Waals surface area contributed by atoms with Crippen LogP contribution in [-0.4, -0.2) is 23.0 Å². The fraction of sp³-hybridized carbons (Fsp3) is 0.333. The molecule has 2 heterocycles. The van der Waals surface area contributed by atoms with Crippen LogP contribution in [0.1, 0.15) is 6.23 Å². The van der Waals surface area contributed by atoms with Crippen LogP contribution in [0.2, 0.25) is 5.02 Å². The van der Waals surface area contributed by atoms with Gasteiger partial charge in [0.15, 0.2) is 12.5 Å². The zero-order chi connectivity index (χ0) is 11.7. The molecule has 1 aromatic rings. The van der Waals surface area contributed by atoms with E-state index < -0.39 is 23.8 Å². The lowest BCUT2D eigenvalue weighted by atomic mass is 10.5. The molecule has 0 spiro atoms. The monoisotopic (exact) mass is 244 g/mol. The maximum Gasteiger partial charge on any atom is 0.330 e. The summed E-state index contributed by atoms with van der Waals surface area (Å²) in [5.74, 6) is 0. The predicted octanol–water partition coefficient (Wildman–Crippen LogP) is 0.247. The molecule has 7 heteroatoms. The number of nitrogens with one attached hydrogen (secondary N) is 1. The van der Waals surface area contributed by atoms with Gasteiger partial charge >= 0.3 is 5.69 Å². The average Bonchev–Trinajstić information content (AvgIpc) is 2.71. The largest absolute Gasteiger partial charge is 0.352 e. The third kappa shape index (κ3) is 1.95. The Labute approximate surface area is 95.1 Å². The number of rotatable bonds is 2. The van der Waals surface area contributed by atoms with E-state index in [2.05, 4.69) is 4.98 Å². The van der Waals surface area contributed by atoms with E-state index in [0.717, 1.165) is 0 Å². The van der Waals surface area contributed by atoms with Crippen LogP contribution < -0.4 is 11.2 Å². The van der Waals surface area contributed by atoms with Crippen LogP contribution >= 0.6 is 11.6 Å². The molecule has 2 atom stereocenters. The van der Waals surface area contributed by atoms with Gasteiger partial charge in [0.2, 0.25) is 0 Å². The van der Waals surface area contributed by atoms with E-state index in [-0.39, 0.29) is 5.02 Å². The van der Waals surface area contributed by atoms with E-state index in [9.17, 15) is 9.59 Å². The number of aromatic nitrogens is 2. The van der Waals surface area contributed by atoms with Gasteiger partial charge in [-0.15, -0.1) is 0 Å². The second kappa shape index (κ2) is 4.25. The SMILES string of the molecule is COC1C=CC(n2cc(Cl)c(=O)[nH]c2=O)O1. The fourth-order valence-electron chi connectivity index (χ4n) is 1.36. The molecule has 0 aromatic carbocycles. The molecule has 2 rings (SSSR count). The third-order valence-electron chi connectivity index (χ3n) is 2.14. The van der Waals surface area contributed by atoms with Gasteiger partial charge in [-0.2, -0.15) is 0 Å². The number of hydrogen-bond acceptors (Lipinski definition) is 4. The first-order valence-electron chi connectivity index (χ1n) is 4.49. The van der Waals surface area contributed by atoms with E-state index >= 15 is 0 Å². The summed E-state index contributed by atoms with van der Waals surface area (Å²) in [5.41, 5.74) is -1.20. The molecule has 1 aliphatic rings. The van der Waals surface area contributed by atoms with Crippen molar-refractivity contribution in [2.75, 3.05) is 7.11 Å². The molecule has 0 radical (unpaired) electrons. The highest BCUT2D eigenvalue weighted by atomic mass is 35.5. The molecule has 16 heavy (non-hydrogen) atoms. The van der Waals surface area contributed by atoms with Crippen molar-refractivity contribution >= 4 is 11.6 Å². The van der Waals surface area contributed by atoms with Crippen molar-refractivity contribution in [1.82, 2.24) is 9.55 Å². The first kappa shape index (κ1) is 11.1. The Hall–Kier alpha value is -1.37. The van der Waals surface area contributed by atoms with Crippen molar-refractivity contribution in [2.45, 2.75) is 12.5 Å². The topological polar surface area (TPSA) is 73.3 Å². The molecule has 1 aromatic heterocycles. The average molecular weight is 245 g/mol. The third-order valence-corrected chi connectivity index (χ3v) is 2.41. The number of ether oxygens (including phenoxy) is 2. The molecule has 1 aliphatic heterocycles. The zero-order valence-corrected chi connectivity index (χ0v) is 9.10. The summed E-state index contributed by atoms with van der Waals surface area (Å²) >= 11 is 5.62. The molecule has 0 bridgehead atoms. The number of nitrogens with zero attached hydrogens (tertiary/aromatic N) is 1. The van der Waals surface area contributed by atoms with E-state index in [1.54, 1.807) is 12.2 Å². The summed E-state index contributed by atoms with van der Waals surface area (Å²) in [4.78, 5) is 24.6. The standard InChI is InChI=1S/C9H9ClN2O4/c1-15-7-3-2-6(16-7)12-4-5(10)8(13)11-9(12)14/h2-4,6-7H,1H3,(H,11,13,14). The summed E-state index contributed by atoms with van der Waals surface area (Å²) < 4.78 is 11.4. The smallest absolute Gasteiger partial charge is 0.330 e. The van der Waals surface area contributed by atoms with Crippen LogP contribution in [0.3, 0.4) is 0 Å². The lowest BCUT2D eigenvalue weighted by Gasteiger charge is -2.14. The minimum Gasteiger partial charge on any atom is -0.352 e. The Kier molecular flexibility index (Phi) is 2.95. The number of methoxy groups -OCH3 is 1. The Morgan fingerprint density at radius 3 is 2.88 bits per heavy atom. The Balaban J connectivity index is 2.36. The van der Waals surface area contributed by atoms with Gasteiger partial charge in [0.25, 0.3) is 5.56 Å². The summed E-state index contributed by atoms with van der Waals surface area (Å²) in [5, 5.41) is -0.0718. The minimum atomic E-state index is -0.619. The second-order valence-electron chi connectivity index (χ2n) is 3.16. The van der Waals surface area contributed by atoms with Crippen molar-refractivity contribution in [3.8, 4) is 0 Å². The summed E-state index contributed by atoms with van der Waals surface area (Å²) in [7, 11) is 1.49. The van der Waals surface area contributed by atoms with Crippen LogP contribution in [0.5, 0.6) is 0 Å². The van der Waals surface area contributed by atoms with Gasteiger partial charge in [-0.25, -0.2) is 4.79 Å². The van der Waals surface area contributed by atoms with E-state index in [4.69, 9.17) is 21.1 Å². The number of hydrogen-bond donors (Lipinski definition) is 1. The van der Waals surface area contributed by atoms with Gasteiger partial charge in [-0.3, -0.25) is 14.3 Å². The van der Waals surface area contributed by atoms with Crippen molar-refractivity contribution in [3.63, 3.8) is 0 Å². The fourth-order valence-corrected chi connectivity index (χ4v) is 1.51. The van der Waals surface area contributed by atoms with Crippen LogP contribution in [0.4, 0.5) is 0 Å². The van der Waals surface area contributed by atoms with Crippen molar-refractivity contribution in [1.29, 1.82) is 0 Å². The van der Waals surface area contributed by atoms with Crippen molar-refractivity contribution < 1.29 is 9.47 Å². The molecule has 0 saturated heterocycles. The van der Waals surface area contributed by atoms with E-state index in [1.165, 1.54) is 17.9 Å². The highest BCUT2D eigenvalue weighted by Crippen LogP contribution is 2.19. The van der Waals surface area contributed by atoms with Crippen molar-refractivity contribution in [2.24, 2.45) is 0 Å². The molecule has 0 fully saturated rings. The van der Waals surface area contributed by atoms with Crippen LogP contribution in [0.15, 0.2) is 27.9 Å². The molecule has 0 amide bonds. The number of aromatic amines is 1. The predicted molar refractivity (Wildman–Crippen MR) is 56.4 cm³/mol. The second-order valence-corrected chi connectivity index (χ2v) is 3.57. The molecule has 0 aliphatic carbocycles. The molecule has 6 nitrogen and oxygen atoms in total. The first-order chi connectivity index (χ1) is 7.61. The maximum absolute atomic E-state index is 11.5. The van der Waals surface area contributed by atoms with Gasteiger partial charge in [0, 0.05) is 13.3 Å². The van der Waals surface area contributed by atoms with Gasteiger partial charge in [-0.05, 0) is 12.2 Å². The quantitative estimate of drug-likeness (QED) is 0.757. The molecular weight excluding hydrogens is 236 g/mol. The van der Waals surface area contributed by atoms with Crippen molar-refractivity contribution in [3.05, 3.63) is 44.2 Å². The molecule has 0 saturated carbocycles. The molecule has 1 N–H and O–H groups in total. The summed E-state index contributed by atoms with van der Waals surface area (Å²) in [6, 6.07) is 0. The van der Waals surface area contributed by atoms with E-state index in [1.807, 2.05) is 0 Å². The van der Waals surface area contributed by atoms with Gasteiger partial charge in [-0.1, -0.05) is 11.6 Å². The lowest BCUT2D eigenvalue weighted by molar-refractivity contribution is -0.119. The van der Waals surface area contributed by atoms with Gasteiger partial charge in [0.1, 0.15) is 5.02 Å². The number of H-pyrrole nitrogens is 1. The highest BCUT2D eigenvalue weighted by molar-refractivity contribution is 6.30. The van der Waals surface area contributed by atoms with Gasteiger partial charge in [0.05, 0.1) is 0 Å². The molecular formula is C9H9ClN2O4. The lowest BCUT2D eigenvalue weighted by Crippen LogP contribution is -2.32. The van der Waals surface area contributed by atoms with Crippen LogP contribution in [0.25, 0.3) is 0 Å². The van der Waals surface area contributed by atoms with Gasteiger partial charge < -0.3 is 9.47 Å². The van der Waals surface area contributed by atoms with Crippen LogP contribution in [0, 0.1) is 0 Å². The highest BCUT2D eigenvalue weighted by Gasteiger charge is 2.21. The molecule has 86 valence electrons. The summed E-state index contributed by atoms with van der Waals surface area (Å²) in [6.07, 6.45) is 3.42. The summed E-state index contributed by atoms with van der Waals surface area (Å²) in [6.45, 7) is 0. The maximum atomic E-state index is 11.5. The minimum absolute atomic E-state index is 0.0718. The number of halogens is 1. The van der Waals surface area contributed by atoms with E-state index in [0.29, 0.717) is 0 Å².